The number of alkyl halides is 3. The molecule has 32 heavy (non-hydrogen) atoms. The number of likely N-dealkylation sites (tertiary alicyclic amines) is 1. The molecule has 0 radical (unpaired) electrons. The SMILES string of the molecule is CC(C)(C)[C@@H](NC(=O)c1c[nH]c2ncc(C3CC3)nc12)C(=O)N1CCC(C(F)(F)F)CC1. The van der Waals surface area contributed by atoms with Gasteiger partial charge in [-0.1, -0.05) is 20.8 Å². The Hall–Kier alpha value is -2.65. The van der Waals surface area contributed by atoms with Gasteiger partial charge in [0.1, 0.15) is 11.6 Å². The van der Waals surface area contributed by atoms with Crippen molar-refractivity contribution in [2.24, 2.45) is 11.3 Å². The lowest BCUT2D eigenvalue weighted by molar-refractivity contribution is -0.187. The summed E-state index contributed by atoms with van der Waals surface area (Å²) in [5.41, 5.74) is 1.46. The van der Waals surface area contributed by atoms with E-state index in [4.69, 9.17) is 0 Å². The van der Waals surface area contributed by atoms with Crippen molar-refractivity contribution >= 4 is 23.0 Å². The maximum Gasteiger partial charge on any atom is 0.391 e. The van der Waals surface area contributed by atoms with Crippen molar-refractivity contribution in [3.8, 4) is 0 Å². The van der Waals surface area contributed by atoms with Crippen LogP contribution >= 0.6 is 0 Å². The first kappa shape index (κ1) is 22.5. The zero-order valence-corrected chi connectivity index (χ0v) is 18.4. The summed E-state index contributed by atoms with van der Waals surface area (Å²) in [5, 5.41) is 2.81. The van der Waals surface area contributed by atoms with Crippen molar-refractivity contribution in [1.29, 1.82) is 0 Å². The van der Waals surface area contributed by atoms with Crippen LogP contribution in [0.4, 0.5) is 13.2 Å². The standard InChI is InChI=1S/C22H28F3N5O2/c1-21(2,3)17(20(32)30-8-6-13(7-9-30)22(23,24)25)29-19(31)14-10-26-18-16(14)28-15(11-27-18)12-4-5-12/h10-13,17H,4-9H2,1-3H3,(H,26,27)(H,29,31)/t17-/m0/s1. The lowest BCUT2D eigenvalue weighted by Gasteiger charge is -2.38. The van der Waals surface area contributed by atoms with Crippen LogP contribution in [0.2, 0.25) is 0 Å². The molecule has 2 N–H and O–H groups in total. The number of carbonyl (C=O) groups is 2. The molecule has 7 nitrogen and oxygen atoms in total. The summed E-state index contributed by atoms with van der Waals surface area (Å²) >= 11 is 0. The average molecular weight is 451 g/mol. The Balaban J connectivity index is 1.51. The minimum absolute atomic E-state index is 0.0226. The maximum absolute atomic E-state index is 13.2. The van der Waals surface area contributed by atoms with Gasteiger partial charge in [0, 0.05) is 25.2 Å². The molecule has 2 aromatic heterocycles. The molecule has 1 saturated heterocycles. The van der Waals surface area contributed by atoms with E-state index in [2.05, 4.69) is 20.3 Å². The Morgan fingerprint density at radius 3 is 2.38 bits per heavy atom. The molecular weight excluding hydrogens is 423 g/mol. The van der Waals surface area contributed by atoms with Crippen LogP contribution < -0.4 is 5.32 Å². The van der Waals surface area contributed by atoms with Gasteiger partial charge in [0.25, 0.3) is 5.91 Å². The van der Waals surface area contributed by atoms with E-state index in [1.54, 1.807) is 6.20 Å². The van der Waals surface area contributed by atoms with Crippen LogP contribution in [0.3, 0.4) is 0 Å². The predicted molar refractivity (Wildman–Crippen MR) is 112 cm³/mol. The van der Waals surface area contributed by atoms with E-state index in [9.17, 15) is 22.8 Å². The summed E-state index contributed by atoms with van der Waals surface area (Å²) < 4.78 is 38.9. The van der Waals surface area contributed by atoms with Gasteiger partial charge < -0.3 is 15.2 Å². The number of aromatic nitrogens is 3. The molecule has 3 heterocycles. The number of hydrogen-bond acceptors (Lipinski definition) is 4. The maximum atomic E-state index is 13.2. The van der Waals surface area contributed by atoms with E-state index in [0.29, 0.717) is 22.6 Å². The molecule has 2 aliphatic rings. The smallest absolute Gasteiger partial charge is 0.344 e. The second-order valence-corrected chi connectivity index (χ2v) is 9.88. The Kier molecular flexibility index (Phi) is 5.67. The molecule has 2 aromatic rings. The van der Waals surface area contributed by atoms with Crippen LogP contribution in [-0.4, -0.2) is 57.0 Å². The van der Waals surface area contributed by atoms with E-state index < -0.39 is 29.5 Å². The Morgan fingerprint density at radius 2 is 1.81 bits per heavy atom. The number of nitrogens with one attached hydrogen (secondary N) is 2. The molecule has 0 unspecified atom stereocenters. The van der Waals surface area contributed by atoms with Crippen molar-refractivity contribution in [2.45, 2.75) is 64.6 Å². The fourth-order valence-electron chi connectivity index (χ4n) is 4.12. The lowest BCUT2D eigenvalue weighted by Crippen LogP contribution is -2.56. The number of amides is 2. The van der Waals surface area contributed by atoms with E-state index in [0.717, 1.165) is 18.5 Å². The number of nitrogens with zero attached hydrogens (tertiary/aromatic N) is 3. The van der Waals surface area contributed by atoms with E-state index in [1.165, 1.54) is 11.1 Å². The van der Waals surface area contributed by atoms with Gasteiger partial charge in [-0.25, -0.2) is 9.97 Å². The first-order valence-electron chi connectivity index (χ1n) is 11.0. The molecule has 2 amide bonds. The second kappa shape index (κ2) is 8.04. The van der Waals surface area contributed by atoms with Gasteiger partial charge in [-0.3, -0.25) is 9.59 Å². The van der Waals surface area contributed by atoms with E-state index in [-0.39, 0.29) is 31.8 Å². The fourth-order valence-corrected chi connectivity index (χ4v) is 4.12. The molecule has 1 aliphatic carbocycles. The number of rotatable bonds is 4. The number of hydrogen-bond donors (Lipinski definition) is 2. The van der Waals surface area contributed by atoms with Crippen LogP contribution in [0.5, 0.6) is 0 Å². The number of H-pyrrole nitrogens is 1. The number of aromatic amines is 1. The Bertz CT molecular complexity index is 1010. The highest BCUT2D eigenvalue weighted by Crippen LogP contribution is 2.39. The zero-order valence-electron chi connectivity index (χ0n) is 18.4. The summed E-state index contributed by atoms with van der Waals surface area (Å²) in [4.78, 5) is 39.7. The topological polar surface area (TPSA) is 91.0 Å². The predicted octanol–water partition coefficient (Wildman–Crippen LogP) is 3.78. The van der Waals surface area contributed by atoms with Gasteiger partial charge in [-0.05, 0) is 31.1 Å². The summed E-state index contributed by atoms with van der Waals surface area (Å²) in [6, 6.07) is -0.887. The highest BCUT2D eigenvalue weighted by molar-refractivity contribution is 6.06. The van der Waals surface area contributed by atoms with Crippen LogP contribution in [0.1, 0.15) is 68.4 Å². The normalized spacial score (nSPS) is 19.2. The average Bonchev–Trinajstić information content (AvgIpc) is 3.49. The highest BCUT2D eigenvalue weighted by atomic mass is 19.4. The molecule has 0 bridgehead atoms. The molecule has 0 spiro atoms. The number of fused-ring (bicyclic) bond motifs is 1. The third kappa shape index (κ3) is 4.59. The van der Waals surface area contributed by atoms with Gasteiger partial charge in [0.15, 0.2) is 5.65 Å². The van der Waals surface area contributed by atoms with Crippen LogP contribution in [0.15, 0.2) is 12.4 Å². The number of carbonyl (C=O) groups excluding carboxylic acids is 2. The molecule has 10 heteroatoms. The highest BCUT2D eigenvalue weighted by Gasteiger charge is 2.44. The summed E-state index contributed by atoms with van der Waals surface area (Å²) in [6.07, 6.45) is 0.849. The second-order valence-electron chi connectivity index (χ2n) is 9.88. The first-order valence-corrected chi connectivity index (χ1v) is 11.0. The van der Waals surface area contributed by atoms with Gasteiger partial charge in [0.2, 0.25) is 5.91 Å². The van der Waals surface area contributed by atoms with Gasteiger partial charge in [0.05, 0.1) is 23.4 Å². The number of halogens is 3. The fraction of sp³-hybridized carbons (Fsp3) is 0.636. The molecule has 4 rings (SSSR count). The lowest BCUT2D eigenvalue weighted by atomic mass is 9.84. The van der Waals surface area contributed by atoms with Gasteiger partial charge >= 0.3 is 6.18 Å². The third-order valence-electron chi connectivity index (χ3n) is 6.30. The quantitative estimate of drug-likeness (QED) is 0.740. The van der Waals surface area contributed by atoms with Crippen molar-refractivity contribution in [3.05, 3.63) is 23.7 Å². The van der Waals surface area contributed by atoms with Crippen molar-refractivity contribution < 1.29 is 22.8 Å². The molecule has 2 fully saturated rings. The van der Waals surface area contributed by atoms with Crippen molar-refractivity contribution in [2.75, 3.05) is 13.1 Å². The monoisotopic (exact) mass is 451 g/mol. The Morgan fingerprint density at radius 1 is 1.16 bits per heavy atom. The van der Waals surface area contributed by atoms with Crippen LogP contribution in [-0.2, 0) is 4.79 Å². The van der Waals surface area contributed by atoms with E-state index in [1.807, 2.05) is 20.8 Å². The molecule has 1 saturated carbocycles. The summed E-state index contributed by atoms with van der Waals surface area (Å²) in [7, 11) is 0. The summed E-state index contributed by atoms with van der Waals surface area (Å²) in [6.45, 7) is 5.50. The minimum atomic E-state index is -4.25. The summed E-state index contributed by atoms with van der Waals surface area (Å²) in [5.74, 6) is -1.84. The Labute approximate surface area is 184 Å². The zero-order chi connectivity index (χ0) is 23.3. The first-order chi connectivity index (χ1) is 14.9. The van der Waals surface area contributed by atoms with Crippen molar-refractivity contribution in [3.63, 3.8) is 0 Å². The molecule has 1 aliphatic heterocycles. The molecular formula is C22H28F3N5O2. The molecule has 1 atom stereocenters. The van der Waals surface area contributed by atoms with Crippen LogP contribution in [0, 0.1) is 11.3 Å². The molecule has 0 aromatic carbocycles. The van der Waals surface area contributed by atoms with Gasteiger partial charge in [-0.2, -0.15) is 13.2 Å². The van der Waals surface area contributed by atoms with Gasteiger partial charge in [-0.15, -0.1) is 0 Å². The van der Waals surface area contributed by atoms with Crippen LogP contribution in [0.25, 0.3) is 11.2 Å². The molecule has 174 valence electrons. The largest absolute Gasteiger partial charge is 0.391 e. The minimum Gasteiger partial charge on any atom is -0.344 e. The van der Waals surface area contributed by atoms with Crippen molar-refractivity contribution in [1.82, 2.24) is 25.2 Å². The number of piperidine rings is 1. The third-order valence-corrected chi connectivity index (χ3v) is 6.30. The van der Waals surface area contributed by atoms with E-state index >= 15 is 0 Å².